The van der Waals surface area contributed by atoms with Gasteiger partial charge >= 0.3 is 6.18 Å². The first-order valence-corrected chi connectivity index (χ1v) is 13.4. The highest BCUT2D eigenvalue weighted by Crippen LogP contribution is 2.38. The van der Waals surface area contributed by atoms with E-state index in [1.165, 1.54) is 41.2 Å². The number of aromatic nitrogens is 4. The van der Waals surface area contributed by atoms with E-state index in [1.54, 1.807) is 13.0 Å². The van der Waals surface area contributed by atoms with E-state index in [9.17, 15) is 26.9 Å². The van der Waals surface area contributed by atoms with Crippen LogP contribution in [0.1, 0.15) is 51.7 Å². The minimum atomic E-state index is -4.65. The molecule has 1 atom stereocenters. The Kier molecular flexibility index (Phi) is 7.05. The van der Waals surface area contributed by atoms with Gasteiger partial charge in [0, 0.05) is 29.5 Å². The molecule has 0 amide bonds. The molecular formula is C27H26F3N5O2S. The summed E-state index contributed by atoms with van der Waals surface area (Å²) in [4.78, 5) is 12.6. The molecule has 3 aromatic heterocycles. The van der Waals surface area contributed by atoms with Crippen LogP contribution in [0.5, 0.6) is 0 Å². The van der Waals surface area contributed by atoms with Gasteiger partial charge in [-0.3, -0.25) is 4.57 Å². The highest BCUT2D eigenvalue weighted by molar-refractivity contribution is 7.92. The number of fused-ring (bicyclic) bond motifs is 1. The van der Waals surface area contributed by atoms with Crippen molar-refractivity contribution in [3.8, 4) is 23.3 Å². The fourth-order valence-corrected chi connectivity index (χ4v) is 5.54. The first kappa shape index (κ1) is 27.3. The fraction of sp³-hybridized carbons (Fsp3) is 0.333. The number of halogens is 3. The molecule has 4 rings (SSSR count). The van der Waals surface area contributed by atoms with Crippen LogP contribution in [0.25, 0.3) is 28.2 Å². The molecule has 0 fully saturated rings. The van der Waals surface area contributed by atoms with Gasteiger partial charge in [-0.1, -0.05) is 32.9 Å². The minimum Gasteiger partial charge on any atom is -0.260 e. The molecule has 0 aliphatic carbocycles. The van der Waals surface area contributed by atoms with E-state index in [1.807, 2.05) is 6.07 Å². The SMILES string of the molecule is CC(CCC(C)(C)C)S(=O)(=O)c1ccc(-c2c(C#N)c3cc(C(F)(F)F)cnc3n2-c2ncccn2)cc1. The Morgan fingerprint density at radius 2 is 1.68 bits per heavy atom. The molecule has 198 valence electrons. The largest absolute Gasteiger partial charge is 0.417 e. The summed E-state index contributed by atoms with van der Waals surface area (Å²) in [5, 5.41) is 9.39. The highest BCUT2D eigenvalue weighted by Gasteiger charge is 2.33. The van der Waals surface area contributed by atoms with Gasteiger partial charge in [-0.15, -0.1) is 0 Å². The Bertz CT molecular complexity index is 1620. The zero-order valence-corrected chi connectivity index (χ0v) is 22.1. The maximum absolute atomic E-state index is 13.4. The van der Waals surface area contributed by atoms with E-state index < -0.39 is 26.8 Å². The van der Waals surface area contributed by atoms with Crippen molar-refractivity contribution in [1.82, 2.24) is 19.5 Å². The third-order valence-electron chi connectivity index (χ3n) is 6.29. The Labute approximate surface area is 218 Å². The van der Waals surface area contributed by atoms with Gasteiger partial charge in [0.15, 0.2) is 9.84 Å². The van der Waals surface area contributed by atoms with Gasteiger partial charge in [-0.25, -0.2) is 23.4 Å². The minimum absolute atomic E-state index is 0.00568. The Hall–Kier alpha value is -3.78. The molecule has 0 aliphatic heterocycles. The molecule has 3 heterocycles. The lowest BCUT2D eigenvalue weighted by atomic mass is 9.90. The zero-order chi connectivity index (χ0) is 27.9. The monoisotopic (exact) mass is 541 g/mol. The molecule has 0 aliphatic rings. The Morgan fingerprint density at radius 1 is 1.05 bits per heavy atom. The summed E-state index contributed by atoms with van der Waals surface area (Å²) in [6.45, 7) is 7.83. The molecule has 7 nitrogen and oxygen atoms in total. The Morgan fingerprint density at radius 3 is 2.24 bits per heavy atom. The number of sulfone groups is 1. The van der Waals surface area contributed by atoms with Gasteiger partial charge in [0.1, 0.15) is 11.7 Å². The lowest BCUT2D eigenvalue weighted by molar-refractivity contribution is -0.137. The number of nitrogens with zero attached hydrogens (tertiary/aromatic N) is 5. The third-order valence-corrected chi connectivity index (χ3v) is 8.51. The van der Waals surface area contributed by atoms with Crippen LogP contribution >= 0.6 is 0 Å². The van der Waals surface area contributed by atoms with E-state index in [-0.39, 0.29) is 38.5 Å². The van der Waals surface area contributed by atoms with Gasteiger partial charge in [-0.05, 0) is 49.4 Å². The number of alkyl halides is 3. The molecule has 11 heteroatoms. The number of nitriles is 1. The van der Waals surface area contributed by atoms with Crippen LogP contribution < -0.4 is 0 Å². The van der Waals surface area contributed by atoms with Crippen molar-refractivity contribution >= 4 is 20.9 Å². The van der Waals surface area contributed by atoms with Crippen LogP contribution in [0.3, 0.4) is 0 Å². The van der Waals surface area contributed by atoms with Gasteiger partial charge < -0.3 is 0 Å². The average Bonchev–Trinajstić information content (AvgIpc) is 3.20. The summed E-state index contributed by atoms with van der Waals surface area (Å²) in [7, 11) is -3.62. The third kappa shape index (κ3) is 5.27. The second-order valence-electron chi connectivity index (χ2n) is 10.3. The smallest absolute Gasteiger partial charge is 0.260 e. The van der Waals surface area contributed by atoms with Gasteiger partial charge in [0.2, 0.25) is 5.95 Å². The maximum atomic E-state index is 13.4. The van der Waals surface area contributed by atoms with Crippen LogP contribution in [0.2, 0.25) is 0 Å². The van der Waals surface area contributed by atoms with E-state index in [4.69, 9.17) is 0 Å². The van der Waals surface area contributed by atoms with E-state index in [0.29, 0.717) is 18.2 Å². The lowest BCUT2D eigenvalue weighted by Gasteiger charge is -2.21. The molecule has 0 saturated heterocycles. The van der Waals surface area contributed by atoms with Crippen LogP contribution in [-0.2, 0) is 16.0 Å². The van der Waals surface area contributed by atoms with Crippen LogP contribution in [0.4, 0.5) is 13.2 Å². The van der Waals surface area contributed by atoms with Gasteiger partial charge in [0.25, 0.3) is 0 Å². The van der Waals surface area contributed by atoms with E-state index in [2.05, 4.69) is 35.7 Å². The molecular weight excluding hydrogens is 515 g/mol. The van der Waals surface area contributed by atoms with Crippen molar-refractivity contribution in [2.75, 3.05) is 0 Å². The van der Waals surface area contributed by atoms with Crippen molar-refractivity contribution < 1.29 is 21.6 Å². The first-order chi connectivity index (χ1) is 17.7. The maximum Gasteiger partial charge on any atom is 0.417 e. The first-order valence-electron chi connectivity index (χ1n) is 11.9. The van der Waals surface area contributed by atoms with Gasteiger partial charge in [-0.2, -0.15) is 18.4 Å². The van der Waals surface area contributed by atoms with Gasteiger partial charge in [0.05, 0.1) is 27.0 Å². The normalized spacial score (nSPS) is 13.4. The van der Waals surface area contributed by atoms with E-state index >= 15 is 0 Å². The summed E-state index contributed by atoms with van der Waals surface area (Å²) in [6.07, 6.45) is 0.200. The van der Waals surface area contributed by atoms with Crippen molar-refractivity contribution in [3.05, 3.63) is 66.1 Å². The molecule has 0 spiro atoms. The predicted molar refractivity (Wildman–Crippen MR) is 137 cm³/mol. The van der Waals surface area contributed by atoms with Crippen molar-refractivity contribution in [2.24, 2.45) is 5.41 Å². The number of benzene rings is 1. The summed E-state index contributed by atoms with van der Waals surface area (Å²) in [5.74, 6) is 0.105. The zero-order valence-electron chi connectivity index (χ0n) is 21.3. The van der Waals surface area contributed by atoms with E-state index in [0.717, 1.165) is 12.5 Å². The number of rotatable bonds is 6. The second kappa shape index (κ2) is 9.83. The highest BCUT2D eigenvalue weighted by atomic mass is 32.2. The van der Waals surface area contributed by atoms with Crippen LogP contribution in [0.15, 0.2) is 59.9 Å². The number of pyridine rings is 1. The van der Waals surface area contributed by atoms with Crippen molar-refractivity contribution in [1.29, 1.82) is 5.26 Å². The standard InChI is InChI=1S/C27H26F3N5O2S/c1-17(10-11-26(2,3)4)38(36,37)20-8-6-18(7-9-20)23-22(15-31)21-14-19(27(28,29)30)16-34-24(21)35(23)25-32-12-5-13-33-25/h5-9,12-14,16-17H,10-11H2,1-4H3. The lowest BCUT2D eigenvalue weighted by Crippen LogP contribution is -2.20. The molecule has 0 radical (unpaired) electrons. The van der Waals surface area contributed by atoms with Crippen LogP contribution in [-0.4, -0.2) is 33.2 Å². The van der Waals surface area contributed by atoms with Crippen molar-refractivity contribution in [2.45, 2.75) is 56.9 Å². The quantitative estimate of drug-likeness (QED) is 0.281. The molecule has 1 unspecified atom stereocenters. The second-order valence-corrected chi connectivity index (χ2v) is 12.7. The molecule has 1 aromatic carbocycles. The summed E-state index contributed by atoms with van der Waals surface area (Å²) in [5.41, 5.74) is -0.366. The molecule has 0 saturated carbocycles. The Balaban J connectivity index is 1.87. The molecule has 38 heavy (non-hydrogen) atoms. The summed E-state index contributed by atoms with van der Waals surface area (Å²) in [6, 6.07) is 10.4. The summed E-state index contributed by atoms with van der Waals surface area (Å²) >= 11 is 0. The van der Waals surface area contributed by atoms with Crippen molar-refractivity contribution in [3.63, 3.8) is 0 Å². The molecule has 0 N–H and O–H groups in total. The topological polar surface area (TPSA) is 102 Å². The molecule has 4 aromatic rings. The number of hydrogen-bond acceptors (Lipinski definition) is 6. The van der Waals surface area contributed by atoms with Crippen LogP contribution in [0, 0.1) is 16.7 Å². The fourth-order valence-electron chi connectivity index (χ4n) is 4.13. The summed E-state index contributed by atoms with van der Waals surface area (Å²) < 4.78 is 68.1. The average molecular weight is 542 g/mol. The molecule has 0 bridgehead atoms. The number of hydrogen-bond donors (Lipinski definition) is 0. The predicted octanol–water partition coefficient (Wildman–Crippen LogP) is 6.36.